The van der Waals surface area contributed by atoms with E-state index in [-0.39, 0.29) is 0 Å². The summed E-state index contributed by atoms with van der Waals surface area (Å²) in [6.07, 6.45) is 30.0. The minimum Gasteiger partial charge on any atom is -0.0654 e. The van der Waals surface area contributed by atoms with Crippen LogP contribution in [0.4, 0.5) is 0 Å². The van der Waals surface area contributed by atoms with Crippen molar-refractivity contribution in [3.63, 3.8) is 0 Å². The van der Waals surface area contributed by atoms with Gasteiger partial charge in [0.05, 0.1) is 24.6 Å². The van der Waals surface area contributed by atoms with E-state index in [1.165, 1.54) is 89.9 Å². The van der Waals surface area contributed by atoms with Gasteiger partial charge >= 0.3 is 0 Å². The molecule has 0 aromatic heterocycles. The van der Waals surface area contributed by atoms with Gasteiger partial charge in [-0.1, -0.05) is 91.9 Å². The minimum absolute atomic E-state index is 0.637. The maximum Gasteiger partial charge on any atom is 0.0594 e. The van der Waals surface area contributed by atoms with Gasteiger partial charge in [-0.2, -0.15) is 0 Å². The van der Waals surface area contributed by atoms with Crippen LogP contribution in [-0.2, 0) is 0 Å². The Morgan fingerprint density at radius 2 is 0.640 bits per heavy atom. The molecule has 0 saturated carbocycles. The monoisotopic (exact) mass is 371 g/mol. The highest BCUT2D eigenvalue weighted by molar-refractivity contribution is 7.75. The Bertz CT molecular complexity index is 232. The standard InChI is InChI=1S/C24H52P/c1-5-9-12-14-16-19-23-25(21-8-4,22-18-11-7-3)24-20-17-15-13-10-6-2/h5-24H2,1-4H3/q+1. The molecule has 0 N–H and O–H groups in total. The first kappa shape index (κ1) is 25.4. The summed E-state index contributed by atoms with van der Waals surface area (Å²) in [6, 6.07) is 0. The second-order valence-electron chi connectivity index (χ2n) is 8.48. The second kappa shape index (κ2) is 19.2. The molecule has 0 aliphatic rings. The quantitative estimate of drug-likeness (QED) is 0.148. The first-order valence-corrected chi connectivity index (χ1v) is 14.6. The lowest BCUT2D eigenvalue weighted by Gasteiger charge is -2.28. The largest absolute Gasteiger partial charge is 0.0654 e. The predicted molar refractivity (Wildman–Crippen MR) is 123 cm³/mol. The third-order valence-electron chi connectivity index (χ3n) is 5.91. The fraction of sp³-hybridized carbons (Fsp3) is 1.00. The van der Waals surface area contributed by atoms with Crippen LogP contribution in [0.1, 0.15) is 130 Å². The third kappa shape index (κ3) is 15.2. The van der Waals surface area contributed by atoms with E-state index >= 15 is 0 Å². The molecule has 0 radical (unpaired) electrons. The van der Waals surface area contributed by atoms with E-state index in [0.717, 1.165) is 0 Å². The molecule has 152 valence electrons. The Balaban J connectivity index is 4.31. The minimum atomic E-state index is -0.637. The van der Waals surface area contributed by atoms with Gasteiger partial charge in [-0.15, -0.1) is 0 Å². The Kier molecular flexibility index (Phi) is 19.5. The van der Waals surface area contributed by atoms with Gasteiger partial charge in [-0.25, -0.2) is 0 Å². The number of unbranched alkanes of at least 4 members (excludes halogenated alkanes) is 12. The van der Waals surface area contributed by atoms with Gasteiger partial charge in [0.1, 0.15) is 0 Å². The molecule has 0 saturated heterocycles. The summed E-state index contributed by atoms with van der Waals surface area (Å²) in [5, 5.41) is 0. The number of rotatable bonds is 20. The molecule has 0 aliphatic heterocycles. The molecule has 0 spiro atoms. The fourth-order valence-electron chi connectivity index (χ4n) is 4.30. The van der Waals surface area contributed by atoms with Crippen LogP contribution < -0.4 is 0 Å². The molecule has 25 heavy (non-hydrogen) atoms. The van der Waals surface area contributed by atoms with Crippen molar-refractivity contribution in [2.75, 3.05) is 24.6 Å². The van der Waals surface area contributed by atoms with Crippen LogP contribution in [0.25, 0.3) is 0 Å². The summed E-state index contributed by atoms with van der Waals surface area (Å²) in [4.78, 5) is 0. The van der Waals surface area contributed by atoms with Crippen LogP contribution in [0.2, 0.25) is 0 Å². The summed E-state index contributed by atoms with van der Waals surface area (Å²) < 4.78 is 0. The summed E-state index contributed by atoms with van der Waals surface area (Å²) in [6.45, 7) is 9.45. The van der Waals surface area contributed by atoms with Gasteiger partial charge in [0.15, 0.2) is 0 Å². The van der Waals surface area contributed by atoms with Crippen LogP contribution in [0.5, 0.6) is 0 Å². The lowest BCUT2D eigenvalue weighted by atomic mass is 10.1. The third-order valence-corrected chi connectivity index (χ3v) is 11.1. The number of hydrogen-bond acceptors (Lipinski definition) is 0. The van der Waals surface area contributed by atoms with Crippen molar-refractivity contribution in [2.45, 2.75) is 130 Å². The van der Waals surface area contributed by atoms with Crippen molar-refractivity contribution >= 4 is 7.26 Å². The lowest BCUT2D eigenvalue weighted by molar-refractivity contribution is 0.619. The average molecular weight is 372 g/mol. The Labute approximate surface area is 162 Å². The van der Waals surface area contributed by atoms with Crippen molar-refractivity contribution in [3.05, 3.63) is 0 Å². The van der Waals surface area contributed by atoms with Crippen molar-refractivity contribution < 1.29 is 0 Å². The Morgan fingerprint density at radius 3 is 1.04 bits per heavy atom. The molecule has 0 aliphatic carbocycles. The van der Waals surface area contributed by atoms with Gasteiger partial charge < -0.3 is 0 Å². The van der Waals surface area contributed by atoms with Crippen LogP contribution in [0.15, 0.2) is 0 Å². The van der Waals surface area contributed by atoms with E-state index in [2.05, 4.69) is 27.7 Å². The van der Waals surface area contributed by atoms with Gasteiger partial charge in [0.2, 0.25) is 0 Å². The van der Waals surface area contributed by atoms with E-state index in [9.17, 15) is 0 Å². The van der Waals surface area contributed by atoms with Crippen LogP contribution >= 0.6 is 7.26 Å². The molecule has 0 nitrogen and oxygen atoms in total. The van der Waals surface area contributed by atoms with Crippen molar-refractivity contribution in [1.29, 1.82) is 0 Å². The van der Waals surface area contributed by atoms with Gasteiger partial charge in [-0.3, -0.25) is 0 Å². The highest BCUT2D eigenvalue weighted by Crippen LogP contribution is 2.61. The van der Waals surface area contributed by atoms with Crippen LogP contribution in [0, 0.1) is 0 Å². The molecule has 0 amide bonds. The maximum atomic E-state index is 2.44. The first-order chi connectivity index (χ1) is 12.2. The molecule has 0 aromatic carbocycles. The molecule has 1 heteroatoms. The van der Waals surface area contributed by atoms with E-state index in [0.29, 0.717) is 0 Å². The molecule has 0 aromatic rings. The topological polar surface area (TPSA) is 0 Å². The number of hydrogen-bond donors (Lipinski definition) is 0. The zero-order valence-electron chi connectivity index (χ0n) is 18.6. The van der Waals surface area contributed by atoms with E-state index in [1.54, 1.807) is 37.5 Å². The lowest BCUT2D eigenvalue weighted by Crippen LogP contribution is -2.12. The molecule has 0 atom stereocenters. The molecular formula is C24H52P+. The fourth-order valence-corrected chi connectivity index (χ4v) is 9.27. The maximum absolute atomic E-state index is 2.44. The van der Waals surface area contributed by atoms with E-state index < -0.39 is 7.26 Å². The second-order valence-corrected chi connectivity index (χ2v) is 13.0. The van der Waals surface area contributed by atoms with E-state index in [1.807, 2.05) is 0 Å². The smallest absolute Gasteiger partial charge is 0.0594 e. The van der Waals surface area contributed by atoms with Crippen molar-refractivity contribution in [2.24, 2.45) is 0 Å². The summed E-state index contributed by atoms with van der Waals surface area (Å²) >= 11 is 0. The summed E-state index contributed by atoms with van der Waals surface area (Å²) in [7, 11) is -0.637. The van der Waals surface area contributed by atoms with Crippen molar-refractivity contribution in [1.82, 2.24) is 0 Å². The zero-order valence-corrected chi connectivity index (χ0v) is 19.5. The molecule has 0 rings (SSSR count). The molecule has 0 unspecified atom stereocenters. The first-order valence-electron chi connectivity index (χ1n) is 12.1. The van der Waals surface area contributed by atoms with Crippen LogP contribution in [0.3, 0.4) is 0 Å². The molecule has 0 fully saturated rings. The molecule has 0 heterocycles. The average Bonchev–Trinajstić information content (AvgIpc) is 2.61. The Hall–Kier alpha value is 0.430. The highest BCUT2D eigenvalue weighted by Gasteiger charge is 2.34. The summed E-state index contributed by atoms with van der Waals surface area (Å²) in [5.74, 6) is 0. The molecular weight excluding hydrogens is 319 g/mol. The van der Waals surface area contributed by atoms with Crippen LogP contribution in [-0.4, -0.2) is 24.6 Å². The van der Waals surface area contributed by atoms with Gasteiger partial charge in [0, 0.05) is 7.26 Å². The SMILES string of the molecule is CCCCCCCC[P+](CCC)(CCCCC)CCCCCCCC. The summed E-state index contributed by atoms with van der Waals surface area (Å²) in [5.41, 5.74) is 0. The van der Waals surface area contributed by atoms with Crippen molar-refractivity contribution in [3.8, 4) is 0 Å². The zero-order chi connectivity index (χ0) is 18.6. The normalized spacial score (nSPS) is 12.0. The predicted octanol–water partition coefficient (Wildman–Crippen LogP) is 9.33. The highest BCUT2D eigenvalue weighted by atomic mass is 31.2. The van der Waals surface area contributed by atoms with Gasteiger partial charge in [-0.05, 0) is 38.5 Å². The molecule has 0 bridgehead atoms. The van der Waals surface area contributed by atoms with E-state index in [4.69, 9.17) is 0 Å². The Morgan fingerprint density at radius 1 is 0.320 bits per heavy atom. The van der Waals surface area contributed by atoms with Gasteiger partial charge in [0.25, 0.3) is 0 Å².